The van der Waals surface area contributed by atoms with Gasteiger partial charge in [-0.15, -0.1) is 0 Å². The number of hydrogen-bond acceptors (Lipinski definition) is 4. The van der Waals surface area contributed by atoms with Crippen molar-refractivity contribution in [2.75, 3.05) is 17.3 Å². The second-order valence-corrected chi connectivity index (χ2v) is 6.63. The number of amides is 1. The number of carbonyl (C=O) groups excluding carboxylic acids is 1. The number of benzene rings is 1. The van der Waals surface area contributed by atoms with E-state index in [2.05, 4.69) is 10.4 Å². The molecule has 6 nitrogen and oxygen atoms in total. The SMILES string of the molecule is [2H]C([2H])([2H])n1cc2c(n1)-c1cccc(NC(=O)OC(C)(C)C)c1N(C)C2. The van der Waals surface area contributed by atoms with E-state index < -0.39 is 18.7 Å². The number of anilines is 2. The van der Waals surface area contributed by atoms with Gasteiger partial charge >= 0.3 is 6.09 Å². The lowest BCUT2D eigenvalue weighted by atomic mass is 9.99. The molecule has 0 bridgehead atoms. The van der Waals surface area contributed by atoms with Crippen LogP contribution in [0.15, 0.2) is 24.4 Å². The first-order valence-corrected chi connectivity index (χ1v) is 7.39. The minimum Gasteiger partial charge on any atom is -0.444 e. The fraction of sp³-hybridized carbons (Fsp3) is 0.412. The lowest BCUT2D eigenvalue weighted by Crippen LogP contribution is -2.28. The van der Waals surface area contributed by atoms with Gasteiger partial charge in [0.05, 0.1) is 17.1 Å². The Kier molecular flexibility index (Phi) is 2.76. The van der Waals surface area contributed by atoms with Crippen molar-refractivity contribution in [1.82, 2.24) is 9.78 Å². The lowest BCUT2D eigenvalue weighted by molar-refractivity contribution is 0.0636. The number of nitrogens with zero attached hydrogens (tertiary/aromatic N) is 3. The van der Waals surface area contributed by atoms with Gasteiger partial charge in [-0.05, 0) is 26.8 Å². The van der Waals surface area contributed by atoms with E-state index in [-0.39, 0.29) is 0 Å². The highest BCUT2D eigenvalue weighted by molar-refractivity contribution is 5.96. The number of nitrogens with one attached hydrogen (secondary N) is 1. The molecule has 0 fully saturated rings. The van der Waals surface area contributed by atoms with Crippen LogP contribution in [0, 0.1) is 0 Å². The van der Waals surface area contributed by atoms with Gasteiger partial charge in [0.1, 0.15) is 5.60 Å². The molecule has 1 amide bonds. The Hall–Kier alpha value is -2.50. The fourth-order valence-electron chi connectivity index (χ4n) is 2.75. The molecule has 2 aromatic rings. The molecule has 0 saturated heterocycles. The van der Waals surface area contributed by atoms with Crippen molar-refractivity contribution in [2.24, 2.45) is 6.98 Å². The van der Waals surface area contributed by atoms with Gasteiger partial charge in [-0.1, -0.05) is 12.1 Å². The van der Waals surface area contributed by atoms with Crippen molar-refractivity contribution in [3.63, 3.8) is 0 Å². The van der Waals surface area contributed by atoms with Gasteiger partial charge in [-0.25, -0.2) is 4.79 Å². The van der Waals surface area contributed by atoms with Crippen LogP contribution in [-0.4, -0.2) is 28.5 Å². The van der Waals surface area contributed by atoms with Gasteiger partial charge in [0, 0.05) is 42.0 Å². The zero-order valence-corrected chi connectivity index (χ0v) is 13.7. The van der Waals surface area contributed by atoms with Crippen LogP contribution in [0.4, 0.5) is 16.2 Å². The molecular weight excluding hydrogens is 292 g/mol. The summed E-state index contributed by atoms with van der Waals surface area (Å²) in [5, 5.41) is 7.04. The normalized spacial score (nSPS) is 15.8. The molecule has 1 N–H and O–H groups in total. The summed E-state index contributed by atoms with van der Waals surface area (Å²) in [6.07, 6.45) is 1.01. The molecule has 0 radical (unpaired) electrons. The molecule has 3 rings (SSSR count). The Labute approximate surface area is 140 Å². The van der Waals surface area contributed by atoms with Crippen molar-refractivity contribution in [3.8, 4) is 11.3 Å². The summed E-state index contributed by atoms with van der Waals surface area (Å²) in [5.41, 5.74) is 2.98. The molecule has 0 spiro atoms. The molecule has 1 aromatic heterocycles. The summed E-state index contributed by atoms with van der Waals surface area (Å²) in [6.45, 7) is 3.56. The Morgan fingerprint density at radius 1 is 1.43 bits per heavy atom. The van der Waals surface area contributed by atoms with Crippen LogP contribution in [0.25, 0.3) is 11.3 Å². The molecule has 2 heterocycles. The number of ether oxygens (including phenoxy) is 1. The quantitative estimate of drug-likeness (QED) is 0.876. The largest absolute Gasteiger partial charge is 0.444 e. The number of hydrogen-bond donors (Lipinski definition) is 1. The highest BCUT2D eigenvalue weighted by Crippen LogP contribution is 2.42. The topological polar surface area (TPSA) is 59.4 Å². The Morgan fingerprint density at radius 3 is 2.91 bits per heavy atom. The summed E-state index contributed by atoms with van der Waals surface area (Å²) >= 11 is 0. The average molecular weight is 317 g/mol. The average Bonchev–Trinajstić information content (AvgIpc) is 2.89. The molecule has 1 aliphatic rings. The van der Waals surface area contributed by atoms with E-state index in [1.54, 1.807) is 39.1 Å². The predicted octanol–water partition coefficient (Wildman–Crippen LogP) is 3.38. The van der Waals surface area contributed by atoms with Crippen molar-refractivity contribution in [1.29, 1.82) is 0 Å². The molecule has 6 heteroatoms. The number of fused-ring (bicyclic) bond motifs is 3. The third-order valence-corrected chi connectivity index (χ3v) is 3.51. The Balaban J connectivity index is 2.00. The first kappa shape index (κ1) is 12.0. The molecule has 23 heavy (non-hydrogen) atoms. The smallest absolute Gasteiger partial charge is 0.412 e. The van der Waals surface area contributed by atoms with Crippen molar-refractivity contribution in [2.45, 2.75) is 32.9 Å². The van der Waals surface area contributed by atoms with Gasteiger partial charge in [0.15, 0.2) is 0 Å². The van der Waals surface area contributed by atoms with E-state index in [9.17, 15) is 4.79 Å². The van der Waals surface area contributed by atoms with Gasteiger partial charge in [-0.2, -0.15) is 5.10 Å². The van der Waals surface area contributed by atoms with E-state index in [1.165, 1.54) is 0 Å². The fourth-order valence-corrected chi connectivity index (χ4v) is 2.75. The maximum atomic E-state index is 12.2. The van der Waals surface area contributed by atoms with Crippen molar-refractivity contribution in [3.05, 3.63) is 30.0 Å². The minimum absolute atomic E-state index is 0.491. The molecule has 0 unspecified atom stereocenters. The number of para-hydroxylation sites is 1. The number of aromatic nitrogens is 2. The van der Waals surface area contributed by atoms with Crippen molar-refractivity contribution < 1.29 is 13.6 Å². The molecule has 0 aliphatic carbocycles. The van der Waals surface area contributed by atoms with Crippen LogP contribution >= 0.6 is 0 Å². The van der Waals surface area contributed by atoms with Crippen LogP contribution in [0.1, 0.15) is 30.4 Å². The molecule has 1 aliphatic heterocycles. The van der Waals surface area contributed by atoms with Gasteiger partial charge in [0.25, 0.3) is 0 Å². The maximum Gasteiger partial charge on any atom is 0.412 e. The van der Waals surface area contributed by atoms with Gasteiger partial charge in [0.2, 0.25) is 0 Å². The minimum atomic E-state index is -2.33. The van der Waals surface area contributed by atoms with E-state index in [1.807, 2.05) is 18.0 Å². The van der Waals surface area contributed by atoms with Crippen LogP contribution < -0.4 is 10.2 Å². The third-order valence-electron chi connectivity index (χ3n) is 3.51. The van der Waals surface area contributed by atoms with Gasteiger partial charge < -0.3 is 9.64 Å². The Bertz CT molecular complexity index is 853. The summed E-state index contributed by atoms with van der Waals surface area (Å²) < 4.78 is 29.0. The zero-order chi connectivity index (χ0) is 19.3. The first-order valence-electron chi connectivity index (χ1n) is 8.89. The maximum absolute atomic E-state index is 12.2. The summed E-state index contributed by atoms with van der Waals surface area (Å²) in [6, 6.07) is 5.44. The molecular formula is C17H22N4O2. The highest BCUT2D eigenvalue weighted by atomic mass is 16.6. The highest BCUT2D eigenvalue weighted by Gasteiger charge is 2.26. The Morgan fingerprint density at radius 2 is 2.22 bits per heavy atom. The standard InChI is InChI=1S/C17H22N4O2/c1-17(2,3)23-16(22)18-13-8-6-7-12-14-11(10-21(5)19-14)9-20(4)15(12)13/h6-8,10H,9H2,1-5H3,(H,18,22)/i5D3. The number of aryl methyl sites for hydroxylation is 1. The summed E-state index contributed by atoms with van der Waals surface area (Å²) in [5.74, 6) is 0. The third kappa shape index (κ3) is 3.02. The number of carbonyl (C=O) groups is 1. The van der Waals surface area contributed by atoms with Crippen LogP contribution in [0.3, 0.4) is 0 Å². The second kappa shape index (κ2) is 5.30. The molecule has 0 atom stereocenters. The summed E-state index contributed by atoms with van der Waals surface area (Å²) in [4.78, 5) is 14.1. The van der Waals surface area contributed by atoms with Crippen LogP contribution in [0.5, 0.6) is 0 Å². The van der Waals surface area contributed by atoms with E-state index in [0.717, 1.165) is 21.5 Å². The van der Waals surface area contributed by atoms with E-state index >= 15 is 0 Å². The molecule has 122 valence electrons. The van der Waals surface area contributed by atoms with Crippen molar-refractivity contribution >= 4 is 17.5 Å². The van der Waals surface area contributed by atoms with Crippen LogP contribution in [0.2, 0.25) is 0 Å². The lowest BCUT2D eigenvalue weighted by Gasteiger charge is -2.29. The van der Waals surface area contributed by atoms with Crippen LogP contribution in [-0.2, 0) is 18.3 Å². The first-order chi connectivity index (χ1) is 12.0. The molecule has 0 saturated carbocycles. The monoisotopic (exact) mass is 317 g/mol. The zero-order valence-electron chi connectivity index (χ0n) is 16.7. The van der Waals surface area contributed by atoms with E-state index in [4.69, 9.17) is 8.85 Å². The van der Waals surface area contributed by atoms with Gasteiger partial charge in [-0.3, -0.25) is 10.00 Å². The van der Waals surface area contributed by atoms with E-state index in [0.29, 0.717) is 17.9 Å². The second-order valence-electron chi connectivity index (χ2n) is 6.63. The predicted molar refractivity (Wildman–Crippen MR) is 90.6 cm³/mol. The molecule has 1 aromatic carbocycles. The number of rotatable bonds is 1. The summed E-state index contributed by atoms with van der Waals surface area (Å²) in [7, 11) is 1.88.